The predicted octanol–water partition coefficient (Wildman–Crippen LogP) is 4.94. The number of allylic oxidation sites excluding steroid dienone is 3. The lowest BCUT2D eigenvalue weighted by Crippen LogP contribution is -2.39. The number of anilines is 1. The molecule has 2 aliphatic rings. The normalized spacial score (nSPS) is 20.3. The summed E-state index contributed by atoms with van der Waals surface area (Å²) >= 11 is 0. The van der Waals surface area contributed by atoms with E-state index in [1.165, 1.54) is 0 Å². The third kappa shape index (κ3) is 4.18. The Morgan fingerprint density at radius 3 is 2.35 bits per heavy atom. The van der Waals surface area contributed by atoms with Crippen molar-refractivity contribution in [2.75, 3.05) is 5.32 Å². The minimum absolute atomic E-state index is 0.105. The summed E-state index contributed by atoms with van der Waals surface area (Å²) in [5.74, 6) is -0.0352. The summed E-state index contributed by atoms with van der Waals surface area (Å²) < 4.78 is 0. The highest BCUT2D eigenvalue weighted by Crippen LogP contribution is 2.46. The third-order valence-corrected chi connectivity index (χ3v) is 6.05. The molecular formula is C26H29N3O2. The molecule has 1 aromatic carbocycles. The summed E-state index contributed by atoms with van der Waals surface area (Å²) in [4.78, 5) is 31.0. The van der Waals surface area contributed by atoms with Gasteiger partial charge in [-0.05, 0) is 49.8 Å². The van der Waals surface area contributed by atoms with E-state index in [1.807, 2.05) is 51.1 Å². The summed E-state index contributed by atoms with van der Waals surface area (Å²) in [6.45, 7) is 10.1. The van der Waals surface area contributed by atoms with Crippen LogP contribution >= 0.6 is 0 Å². The van der Waals surface area contributed by atoms with E-state index >= 15 is 0 Å². The van der Waals surface area contributed by atoms with Crippen molar-refractivity contribution in [1.29, 1.82) is 0 Å². The molecule has 4 rings (SSSR count). The fourth-order valence-electron chi connectivity index (χ4n) is 4.55. The van der Waals surface area contributed by atoms with Crippen LogP contribution in [0, 0.1) is 19.3 Å². The average Bonchev–Trinajstić information content (AvgIpc) is 2.68. The molecule has 0 bridgehead atoms. The van der Waals surface area contributed by atoms with Gasteiger partial charge in [0.15, 0.2) is 5.78 Å². The van der Waals surface area contributed by atoms with Crippen LogP contribution in [0.3, 0.4) is 0 Å². The number of carbonyl (C=O) groups excluding carboxylic acids is 2. The summed E-state index contributed by atoms with van der Waals surface area (Å²) in [6, 6.07) is 11.8. The Balaban J connectivity index is 1.79. The van der Waals surface area contributed by atoms with Gasteiger partial charge in [-0.3, -0.25) is 9.59 Å². The van der Waals surface area contributed by atoms with Gasteiger partial charge in [-0.2, -0.15) is 0 Å². The van der Waals surface area contributed by atoms with Crippen LogP contribution in [0.25, 0.3) is 0 Å². The molecular weight excluding hydrogens is 386 g/mol. The van der Waals surface area contributed by atoms with E-state index in [-0.39, 0.29) is 17.1 Å². The number of hydrogen-bond acceptors (Lipinski definition) is 4. The zero-order valence-electron chi connectivity index (χ0n) is 18.8. The molecule has 5 heteroatoms. The molecule has 0 saturated carbocycles. The van der Waals surface area contributed by atoms with E-state index in [9.17, 15) is 9.59 Å². The van der Waals surface area contributed by atoms with Crippen molar-refractivity contribution in [2.45, 2.75) is 53.4 Å². The molecule has 1 unspecified atom stereocenters. The largest absolute Gasteiger partial charge is 0.362 e. The van der Waals surface area contributed by atoms with E-state index in [0.29, 0.717) is 17.8 Å². The number of amides is 1. The molecule has 2 aromatic rings. The quantitative estimate of drug-likeness (QED) is 0.745. The first-order valence-electron chi connectivity index (χ1n) is 10.7. The number of hydrogen-bond donors (Lipinski definition) is 2. The summed E-state index contributed by atoms with van der Waals surface area (Å²) in [6.07, 6.45) is 2.98. The first kappa shape index (κ1) is 21.0. The van der Waals surface area contributed by atoms with Crippen molar-refractivity contribution in [3.05, 3.63) is 81.8 Å². The zero-order chi connectivity index (χ0) is 22.3. The van der Waals surface area contributed by atoms with Gasteiger partial charge in [-0.25, -0.2) is 4.98 Å². The number of aromatic nitrogens is 1. The highest BCUT2D eigenvalue weighted by atomic mass is 16.2. The smallest absolute Gasteiger partial charge is 0.255 e. The first-order valence-corrected chi connectivity index (χ1v) is 10.7. The second-order valence-electron chi connectivity index (χ2n) is 9.52. The van der Waals surface area contributed by atoms with E-state index in [2.05, 4.69) is 29.5 Å². The van der Waals surface area contributed by atoms with E-state index in [0.717, 1.165) is 40.1 Å². The topological polar surface area (TPSA) is 71.1 Å². The number of nitrogens with one attached hydrogen (secondary N) is 2. The molecule has 1 aromatic heterocycles. The monoisotopic (exact) mass is 415 g/mol. The summed E-state index contributed by atoms with van der Waals surface area (Å²) in [5, 5.41) is 6.32. The van der Waals surface area contributed by atoms with Crippen LogP contribution < -0.4 is 10.6 Å². The van der Waals surface area contributed by atoms with Crippen molar-refractivity contribution in [2.24, 2.45) is 5.41 Å². The molecule has 0 fully saturated rings. The molecule has 2 heterocycles. The van der Waals surface area contributed by atoms with E-state index in [4.69, 9.17) is 0 Å². The Bertz CT molecular complexity index is 1110. The van der Waals surface area contributed by atoms with Gasteiger partial charge in [-0.15, -0.1) is 0 Å². The Hall–Kier alpha value is -3.21. The molecule has 1 amide bonds. The maximum atomic E-state index is 13.4. The standard InChI is InChI=1S/C26H29N3O2/c1-15-6-9-18(10-7-15)23-22(25(31)29-21-11-8-16(2)14-27-21)17(3)28-19-12-26(4,5)13-20(30)24(19)23/h6-11,14,23,28H,12-13H2,1-5H3,(H,27,29,31). The van der Waals surface area contributed by atoms with Crippen LogP contribution in [-0.4, -0.2) is 16.7 Å². The van der Waals surface area contributed by atoms with Gasteiger partial charge in [0.25, 0.3) is 5.91 Å². The lowest BCUT2D eigenvalue weighted by atomic mass is 9.68. The number of nitrogens with zero attached hydrogens (tertiary/aromatic N) is 1. The van der Waals surface area contributed by atoms with Crippen molar-refractivity contribution in [1.82, 2.24) is 10.3 Å². The van der Waals surface area contributed by atoms with E-state index < -0.39 is 5.92 Å². The number of carbonyl (C=O) groups is 2. The van der Waals surface area contributed by atoms with Gasteiger partial charge in [0.2, 0.25) is 0 Å². The predicted molar refractivity (Wildman–Crippen MR) is 122 cm³/mol. The second-order valence-corrected chi connectivity index (χ2v) is 9.52. The lowest BCUT2D eigenvalue weighted by molar-refractivity contribution is -0.118. The maximum Gasteiger partial charge on any atom is 0.255 e. The Morgan fingerprint density at radius 1 is 1.03 bits per heavy atom. The Morgan fingerprint density at radius 2 is 1.71 bits per heavy atom. The van der Waals surface area contributed by atoms with Crippen LogP contribution in [-0.2, 0) is 9.59 Å². The number of ketones is 1. The van der Waals surface area contributed by atoms with Crippen molar-refractivity contribution in [3.8, 4) is 0 Å². The van der Waals surface area contributed by atoms with Crippen LogP contribution in [0.1, 0.15) is 56.2 Å². The lowest BCUT2D eigenvalue weighted by Gasteiger charge is -2.39. The number of aryl methyl sites for hydroxylation is 2. The minimum Gasteiger partial charge on any atom is -0.362 e. The fraction of sp³-hybridized carbons (Fsp3) is 0.346. The first-order chi connectivity index (χ1) is 14.6. The van der Waals surface area contributed by atoms with Gasteiger partial charge >= 0.3 is 0 Å². The van der Waals surface area contributed by atoms with Gasteiger partial charge in [0, 0.05) is 41.1 Å². The third-order valence-electron chi connectivity index (χ3n) is 6.05. The minimum atomic E-state index is -0.397. The zero-order valence-corrected chi connectivity index (χ0v) is 18.8. The highest BCUT2D eigenvalue weighted by Gasteiger charge is 2.42. The number of benzene rings is 1. The van der Waals surface area contributed by atoms with Gasteiger partial charge in [0.05, 0.1) is 0 Å². The molecule has 160 valence electrons. The molecule has 0 radical (unpaired) electrons. The van der Waals surface area contributed by atoms with Crippen molar-refractivity contribution >= 4 is 17.5 Å². The van der Waals surface area contributed by atoms with Gasteiger partial charge in [-0.1, -0.05) is 49.7 Å². The van der Waals surface area contributed by atoms with Crippen LogP contribution in [0.5, 0.6) is 0 Å². The number of dihydropyridines is 1. The highest BCUT2D eigenvalue weighted by molar-refractivity contribution is 6.09. The van der Waals surface area contributed by atoms with Crippen LogP contribution in [0.2, 0.25) is 0 Å². The molecule has 0 saturated heterocycles. The molecule has 5 nitrogen and oxygen atoms in total. The van der Waals surface area contributed by atoms with Crippen molar-refractivity contribution in [3.63, 3.8) is 0 Å². The molecule has 1 aliphatic carbocycles. The molecule has 31 heavy (non-hydrogen) atoms. The fourth-order valence-corrected chi connectivity index (χ4v) is 4.55. The Labute approximate surface area is 183 Å². The summed E-state index contributed by atoms with van der Waals surface area (Å²) in [5.41, 5.74) is 6.01. The molecule has 1 atom stereocenters. The maximum absolute atomic E-state index is 13.4. The second kappa shape index (κ2) is 7.80. The number of Topliss-reactive ketones (excluding diaryl/α,β-unsaturated/α-hetero) is 1. The van der Waals surface area contributed by atoms with Crippen LogP contribution in [0.4, 0.5) is 5.82 Å². The summed E-state index contributed by atoms with van der Waals surface area (Å²) in [7, 11) is 0. The van der Waals surface area contributed by atoms with Crippen LogP contribution in [0.15, 0.2) is 65.1 Å². The molecule has 2 N–H and O–H groups in total. The number of pyridine rings is 1. The van der Waals surface area contributed by atoms with Crippen molar-refractivity contribution < 1.29 is 9.59 Å². The molecule has 1 aliphatic heterocycles. The average molecular weight is 416 g/mol. The van der Waals surface area contributed by atoms with Gasteiger partial charge < -0.3 is 10.6 Å². The Kier molecular flexibility index (Phi) is 5.29. The van der Waals surface area contributed by atoms with E-state index in [1.54, 1.807) is 12.3 Å². The SMILES string of the molecule is CC1=C(C(=O)Nc2ccc(C)cn2)C(c2ccc(C)cc2)C2=C(CC(C)(C)CC2=O)N1. The number of rotatable bonds is 3. The van der Waals surface area contributed by atoms with Gasteiger partial charge in [0.1, 0.15) is 5.82 Å². The molecule has 0 spiro atoms.